The first-order valence-electron chi connectivity index (χ1n) is 9.95. The summed E-state index contributed by atoms with van der Waals surface area (Å²) in [5.74, 6) is -0.739. The van der Waals surface area contributed by atoms with Crippen LogP contribution in [0.5, 0.6) is 0 Å². The molecule has 1 aliphatic carbocycles. The molecule has 3 aliphatic rings. The lowest BCUT2D eigenvalue weighted by Crippen LogP contribution is -2.29. The molecule has 1 unspecified atom stereocenters. The molecule has 2 N–H and O–H groups in total. The van der Waals surface area contributed by atoms with Crippen molar-refractivity contribution in [3.8, 4) is 0 Å². The van der Waals surface area contributed by atoms with Crippen molar-refractivity contribution in [2.75, 3.05) is 18.0 Å². The number of nitrogens with zero attached hydrogens (tertiary/aromatic N) is 2. The molecule has 0 aromatic heterocycles. The summed E-state index contributed by atoms with van der Waals surface area (Å²) in [4.78, 5) is 30.6. The van der Waals surface area contributed by atoms with Crippen LogP contribution in [0.3, 0.4) is 0 Å². The molecule has 1 fully saturated rings. The van der Waals surface area contributed by atoms with Gasteiger partial charge in [0, 0.05) is 23.9 Å². The molecular formula is C22H23N3O2S3. The summed E-state index contributed by atoms with van der Waals surface area (Å²) in [6.07, 6.45) is 5.22. The van der Waals surface area contributed by atoms with Crippen LogP contribution < -0.4 is 10.6 Å². The minimum Gasteiger partial charge on any atom is -0.369 e. The van der Waals surface area contributed by atoms with Crippen LogP contribution in [0.1, 0.15) is 26.7 Å². The highest BCUT2D eigenvalue weighted by molar-refractivity contribution is 8.26. The van der Waals surface area contributed by atoms with Crippen molar-refractivity contribution >= 4 is 57.6 Å². The molecule has 1 aromatic carbocycles. The van der Waals surface area contributed by atoms with E-state index in [2.05, 4.69) is 30.0 Å². The SMILES string of the molecule is CCN1C(=O)/C(=C2C=C(/C=C3\Sc4ccccc4N3CC)CC(C(N)=O)C/2)SC1=S. The van der Waals surface area contributed by atoms with Crippen LogP contribution in [-0.4, -0.2) is 34.1 Å². The second kappa shape index (κ2) is 8.61. The molecule has 2 amide bonds. The molecule has 30 heavy (non-hydrogen) atoms. The third-order valence-electron chi connectivity index (χ3n) is 5.43. The molecule has 0 bridgehead atoms. The molecule has 8 heteroatoms. The van der Waals surface area contributed by atoms with Crippen LogP contribution in [0.25, 0.3) is 0 Å². The summed E-state index contributed by atoms with van der Waals surface area (Å²) >= 11 is 8.40. The van der Waals surface area contributed by atoms with E-state index in [4.69, 9.17) is 18.0 Å². The molecule has 1 atom stereocenters. The number of hydrogen-bond acceptors (Lipinski definition) is 6. The lowest BCUT2D eigenvalue weighted by atomic mass is 9.85. The monoisotopic (exact) mass is 457 g/mol. The summed E-state index contributed by atoms with van der Waals surface area (Å²) in [5, 5.41) is 1.12. The zero-order valence-electron chi connectivity index (χ0n) is 16.9. The number of hydrogen-bond donors (Lipinski definition) is 1. The van der Waals surface area contributed by atoms with Gasteiger partial charge < -0.3 is 10.6 Å². The number of thioether (sulfide) groups is 2. The van der Waals surface area contributed by atoms with Crippen molar-refractivity contribution < 1.29 is 9.59 Å². The van der Waals surface area contributed by atoms with Crippen molar-refractivity contribution in [1.82, 2.24) is 4.90 Å². The Morgan fingerprint density at radius 2 is 1.93 bits per heavy atom. The van der Waals surface area contributed by atoms with E-state index in [-0.39, 0.29) is 17.7 Å². The van der Waals surface area contributed by atoms with E-state index in [9.17, 15) is 9.59 Å². The topological polar surface area (TPSA) is 66.6 Å². The lowest BCUT2D eigenvalue weighted by molar-refractivity contribution is -0.123. The molecule has 0 spiro atoms. The summed E-state index contributed by atoms with van der Waals surface area (Å²) < 4.78 is 0.568. The van der Waals surface area contributed by atoms with Crippen LogP contribution in [0.15, 0.2) is 62.4 Å². The standard InChI is InChI=1S/C22H23N3O2S3/c1-3-24-16-7-5-6-8-17(16)29-18(24)11-13-9-14(12-15(10-13)20(23)26)19-21(27)25(4-2)22(28)30-19/h5-9,11,15H,3-4,10,12H2,1-2H3,(H2,23,26)/b18-11-,19-14+. The molecule has 4 rings (SSSR count). The lowest BCUT2D eigenvalue weighted by Gasteiger charge is -2.23. The van der Waals surface area contributed by atoms with Crippen molar-refractivity contribution in [2.24, 2.45) is 11.7 Å². The average molecular weight is 458 g/mol. The largest absolute Gasteiger partial charge is 0.369 e. The molecule has 5 nitrogen and oxygen atoms in total. The highest BCUT2D eigenvalue weighted by Crippen LogP contribution is 2.47. The summed E-state index contributed by atoms with van der Waals surface area (Å²) in [7, 11) is 0. The Balaban J connectivity index is 1.73. The average Bonchev–Trinajstić information content (AvgIpc) is 3.23. The van der Waals surface area contributed by atoms with E-state index in [0.29, 0.717) is 28.6 Å². The van der Waals surface area contributed by atoms with E-state index in [0.717, 1.165) is 22.7 Å². The number of rotatable bonds is 4. The van der Waals surface area contributed by atoms with Gasteiger partial charge in [-0.3, -0.25) is 14.5 Å². The molecule has 1 saturated heterocycles. The maximum Gasteiger partial charge on any atom is 0.266 e. The first-order valence-corrected chi connectivity index (χ1v) is 12.0. The fourth-order valence-electron chi connectivity index (χ4n) is 3.94. The number of carbonyl (C=O) groups excluding carboxylic acids is 2. The molecule has 0 saturated carbocycles. The third-order valence-corrected chi connectivity index (χ3v) is 8.05. The van der Waals surface area contributed by atoms with Gasteiger partial charge in [-0.15, -0.1) is 0 Å². The van der Waals surface area contributed by atoms with Gasteiger partial charge in [0.25, 0.3) is 5.91 Å². The van der Waals surface area contributed by atoms with Crippen LogP contribution >= 0.6 is 35.7 Å². The number of benzene rings is 1. The predicted molar refractivity (Wildman–Crippen MR) is 128 cm³/mol. The molecule has 1 aromatic rings. The number of likely N-dealkylation sites (N-methyl/N-ethyl adjacent to an activating group) is 1. The smallest absolute Gasteiger partial charge is 0.266 e. The number of anilines is 1. The number of para-hydroxylation sites is 1. The number of amides is 2. The number of fused-ring (bicyclic) bond motifs is 1. The van der Waals surface area contributed by atoms with Gasteiger partial charge in [-0.25, -0.2) is 0 Å². The fraction of sp³-hybridized carbons (Fsp3) is 0.318. The van der Waals surface area contributed by atoms with Crippen LogP contribution in [0.4, 0.5) is 5.69 Å². The molecular weight excluding hydrogens is 434 g/mol. The summed E-state index contributed by atoms with van der Waals surface area (Å²) in [5.41, 5.74) is 8.75. The minimum atomic E-state index is -0.336. The Kier molecular flexibility index (Phi) is 6.09. The molecule has 2 heterocycles. The fourth-order valence-corrected chi connectivity index (χ4v) is 6.57. The van der Waals surface area contributed by atoms with Crippen molar-refractivity contribution in [3.63, 3.8) is 0 Å². The van der Waals surface area contributed by atoms with Gasteiger partial charge in [-0.1, -0.05) is 54.0 Å². The Hall–Kier alpha value is -2.03. The quantitative estimate of drug-likeness (QED) is 0.533. The normalized spacial score (nSPS) is 25.2. The van der Waals surface area contributed by atoms with Crippen molar-refractivity contribution in [3.05, 3.63) is 57.5 Å². The zero-order valence-corrected chi connectivity index (χ0v) is 19.3. The Morgan fingerprint density at radius 3 is 2.60 bits per heavy atom. The van der Waals surface area contributed by atoms with Gasteiger partial charge in [0.05, 0.1) is 15.6 Å². The van der Waals surface area contributed by atoms with Gasteiger partial charge in [-0.2, -0.15) is 0 Å². The van der Waals surface area contributed by atoms with E-state index >= 15 is 0 Å². The first-order chi connectivity index (χ1) is 14.4. The van der Waals surface area contributed by atoms with E-state index in [1.807, 2.05) is 25.1 Å². The molecule has 156 valence electrons. The van der Waals surface area contributed by atoms with Crippen LogP contribution in [0.2, 0.25) is 0 Å². The maximum atomic E-state index is 12.8. The first kappa shape index (κ1) is 21.2. The number of allylic oxidation sites excluding steroid dienone is 4. The van der Waals surface area contributed by atoms with Gasteiger partial charge in [0.15, 0.2) is 0 Å². The van der Waals surface area contributed by atoms with Crippen LogP contribution in [-0.2, 0) is 9.59 Å². The van der Waals surface area contributed by atoms with E-state index in [1.165, 1.54) is 22.3 Å². The summed E-state index contributed by atoms with van der Waals surface area (Å²) in [6, 6.07) is 8.32. The van der Waals surface area contributed by atoms with Gasteiger partial charge in [-0.05, 0) is 56.0 Å². The predicted octanol–water partition coefficient (Wildman–Crippen LogP) is 4.42. The van der Waals surface area contributed by atoms with E-state index < -0.39 is 0 Å². The minimum absolute atomic E-state index is 0.0753. The number of primary amides is 1. The van der Waals surface area contributed by atoms with Gasteiger partial charge in [0.1, 0.15) is 4.32 Å². The van der Waals surface area contributed by atoms with Gasteiger partial charge in [0.2, 0.25) is 5.91 Å². The number of carbonyl (C=O) groups is 2. The van der Waals surface area contributed by atoms with Crippen molar-refractivity contribution in [2.45, 2.75) is 31.6 Å². The Morgan fingerprint density at radius 1 is 1.20 bits per heavy atom. The molecule has 0 radical (unpaired) electrons. The second-order valence-corrected chi connectivity index (χ2v) is 10.0. The van der Waals surface area contributed by atoms with Crippen LogP contribution in [0, 0.1) is 5.92 Å². The summed E-state index contributed by atoms with van der Waals surface area (Å²) in [6.45, 7) is 5.43. The Bertz CT molecular complexity index is 1030. The highest BCUT2D eigenvalue weighted by Gasteiger charge is 2.35. The number of thiocarbonyl (C=S) groups is 1. The highest BCUT2D eigenvalue weighted by atomic mass is 32.2. The number of nitrogens with two attached hydrogens (primary N) is 1. The zero-order chi connectivity index (χ0) is 21.4. The second-order valence-electron chi connectivity index (χ2n) is 7.30. The Labute approximate surface area is 190 Å². The molecule has 2 aliphatic heterocycles. The van der Waals surface area contributed by atoms with Crippen molar-refractivity contribution in [1.29, 1.82) is 0 Å². The van der Waals surface area contributed by atoms with E-state index in [1.54, 1.807) is 16.7 Å². The van der Waals surface area contributed by atoms with Gasteiger partial charge >= 0.3 is 0 Å². The maximum absolute atomic E-state index is 12.8. The third kappa shape index (κ3) is 3.84.